The summed E-state index contributed by atoms with van der Waals surface area (Å²) in [5, 5.41) is 10.9. The summed E-state index contributed by atoms with van der Waals surface area (Å²) < 4.78 is 0. The van der Waals surface area contributed by atoms with Crippen molar-refractivity contribution < 1.29 is 9.90 Å². The van der Waals surface area contributed by atoms with Gasteiger partial charge in [0.15, 0.2) is 0 Å². The first kappa shape index (κ1) is 11.6. The van der Waals surface area contributed by atoms with Crippen LogP contribution in [-0.2, 0) is 4.79 Å². The molecule has 0 saturated carbocycles. The van der Waals surface area contributed by atoms with Crippen LogP contribution in [-0.4, -0.2) is 16.1 Å². The van der Waals surface area contributed by atoms with Crippen LogP contribution in [0.2, 0.25) is 0 Å². The van der Waals surface area contributed by atoms with E-state index in [2.05, 4.69) is 4.98 Å². The highest BCUT2D eigenvalue weighted by molar-refractivity contribution is 5.93. The van der Waals surface area contributed by atoms with Gasteiger partial charge in [-0.25, -0.2) is 4.98 Å². The number of nitrogens with zero attached hydrogens (tertiary/aromatic N) is 1. The van der Waals surface area contributed by atoms with Crippen LogP contribution in [0, 0.1) is 0 Å². The molecule has 2 aromatic carbocycles. The number of aliphatic carboxylic acids is 1. The van der Waals surface area contributed by atoms with Gasteiger partial charge < -0.3 is 10.8 Å². The van der Waals surface area contributed by atoms with E-state index in [1.165, 1.54) is 0 Å². The monoisotopic (exact) mass is 252 g/mol. The number of pyridine rings is 1. The molecule has 1 unspecified atom stereocenters. The first-order valence-corrected chi connectivity index (χ1v) is 5.93. The number of para-hydroxylation sites is 1. The van der Waals surface area contributed by atoms with Crippen molar-refractivity contribution >= 4 is 27.8 Å². The minimum absolute atomic E-state index is 0.581. The standard InChI is InChI=1S/C15H12N2O2/c16-14(15(18)19)10-5-6-13-11(8-10)7-9-3-1-2-4-12(9)17-13/h1-8,14H,16H2,(H,18,19). The Morgan fingerprint density at radius 3 is 2.58 bits per heavy atom. The average Bonchev–Trinajstić information content (AvgIpc) is 2.43. The highest BCUT2D eigenvalue weighted by Gasteiger charge is 2.14. The number of carboxylic acids is 1. The summed E-state index contributed by atoms with van der Waals surface area (Å²) in [6.07, 6.45) is 0. The first-order chi connectivity index (χ1) is 9.15. The number of hydrogen-bond acceptors (Lipinski definition) is 3. The van der Waals surface area contributed by atoms with E-state index in [-0.39, 0.29) is 0 Å². The maximum absolute atomic E-state index is 10.9. The van der Waals surface area contributed by atoms with E-state index in [4.69, 9.17) is 10.8 Å². The normalized spacial score (nSPS) is 12.7. The van der Waals surface area contributed by atoms with Gasteiger partial charge in [0, 0.05) is 10.8 Å². The van der Waals surface area contributed by atoms with Gasteiger partial charge in [-0.15, -0.1) is 0 Å². The minimum atomic E-state index is -1.03. The fourth-order valence-corrected chi connectivity index (χ4v) is 2.14. The van der Waals surface area contributed by atoms with Gasteiger partial charge in [-0.3, -0.25) is 4.79 Å². The molecule has 19 heavy (non-hydrogen) atoms. The van der Waals surface area contributed by atoms with Crippen LogP contribution >= 0.6 is 0 Å². The van der Waals surface area contributed by atoms with E-state index in [1.54, 1.807) is 18.2 Å². The molecule has 0 aliphatic heterocycles. The molecular weight excluding hydrogens is 240 g/mol. The Bertz CT molecular complexity index is 783. The molecule has 0 aliphatic rings. The maximum atomic E-state index is 10.9. The van der Waals surface area contributed by atoms with Crippen molar-refractivity contribution in [3.05, 3.63) is 54.1 Å². The molecule has 4 heteroatoms. The van der Waals surface area contributed by atoms with E-state index >= 15 is 0 Å². The molecule has 0 spiro atoms. The SMILES string of the molecule is NC(C(=O)O)c1ccc2nc3ccccc3cc2c1. The van der Waals surface area contributed by atoms with Crippen LogP contribution in [0.5, 0.6) is 0 Å². The Kier molecular flexibility index (Phi) is 2.65. The van der Waals surface area contributed by atoms with E-state index in [9.17, 15) is 4.79 Å². The van der Waals surface area contributed by atoms with Gasteiger partial charge in [0.1, 0.15) is 6.04 Å². The number of rotatable bonds is 2. The van der Waals surface area contributed by atoms with Gasteiger partial charge in [0.25, 0.3) is 0 Å². The quantitative estimate of drug-likeness (QED) is 0.687. The predicted octanol–water partition coefficient (Wildman–Crippen LogP) is 2.47. The molecular formula is C15H12N2O2. The zero-order chi connectivity index (χ0) is 13.4. The van der Waals surface area contributed by atoms with E-state index < -0.39 is 12.0 Å². The van der Waals surface area contributed by atoms with Crippen molar-refractivity contribution in [1.29, 1.82) is 0 Å². The number of fused-ring (bicyclic) bond motifs is 2. The topological polar surface area (TPSA) is 76.2 Å². The second-order valence-electron chi connectivity index (χ2n) is 4.45. The van der Waals surface area contributed by atoms with E-state index in [1.807, 2.05) is 30.3 Å². The Morgan fingerprint density at radius 2 is 1.79 bits per heavy atom. The lowest BCUT2D eigenvalue weighted by Crippen LogP contribution is -2.20. The third kappa shape index (κ3) is 2.02. The van der Waals surface area contributed by atoms with Crippen LogP contribution in [0.4, 0.5) is 0 Å². The fraction of sp³-hybridized carbons (Fsp3) is 0.0667. The largest absolute Gasteiger partial charge is 0.480 e. The minimum Gasteiger partial charge on any atom is -0.480 e. The number of hydrogen-bond donors (Lipinski definition) is 2. The number of benzene rings is 2. The average molecular weight is 252 g/mol. The van der Waals surface area contributed by atoms with Crippen molar-refractivity contribution in [2.24, 2.45) is 5.73 Å². The molecule has 0 fully saturated rings. The number of carboxylic acid groups (broad SMARTS) is 1. The molecule has 0 saturated heterocycles. The number of nitrogens with two attached hydrogens (primary N) is 1. The summed E-state index contributed by atoms with van der Waals surface area (Å²) in [6.45, 7) is 0. The van der Waals surface area contributed by atoms with Gasteiger partial charge >= 0.3 is 5.97 Å². The second kappa shape index (κ2) is 4.33. The molecule has 1 atom stereocenters. The molecule has 0 aliphatic carbocycles. The predicted molar refractivity (Wildman–Crippen MR) is 73.8 cm³/mol. The van der Waals surface area contributed by atoms with Gasteiger partial charge in [-0.05, 0) is 29.8 Å². The zero-order valence-electron chi connectivity index (χ0n) is 10.1. The molecule has 0 bridgehead atoms. The molecule has 1 heterocycles. The van der Waals surface area contributed by atoms with Crippen LogP contribution in [0.3, 0.4) is 0 Å². The van der Waals surface area contributed by atoms with Crippen LogP contribution in [0.25, 0.3) is 21.8 Å². The van der Waals surface area contributed by atoms with Crippen LogP contribution < -0.4 is 5.73 Å². The molecule has 94 valence electrons. The Labute approximate surface area is 109 Å². The van der Waals surface area contributed by atoms with Crippen LogP contribution in [0.15, 0.2) is 48.5 Å². The number of carbonyl (C=O) groups is 1. The lowest BCUT2D eigenvalue weighted by atomic mass is 10.0. The molecule has 3 N–H and O–H groups in total. The van der Waals surface area contributed by atoms with Crippen LogP contribution in [0.1, 0.15) is 11.6 Å². The first-order valence-electron chi connectivity index (χ1n) is 5.93. The zero-order valence-corrected chi connectivity index (χ0v) is 10.1. The van der Waals surface area contributed by atoms with Gasteiger partial charge in [0.2, 0.25) is 0 Å². The summed E-state index contributed by atoms with van der Waals surface area (Å²) in [7, 11) is 0. The highest BCUT2D eigenvalue weighted by Crippen LogP contribution is 2.22. The summed E-state index contributed by atoms with van der Waals surface area (Å²) in [5.41, 5.74) is 7.96. The van der Waals surface area contributed by atoms with Crippen molar-refractivity contribution in [3.63, 3.8) is 0 Å². The lowest BCUT2D eigenvalue weighted by molar-refractivity contribution is -0.138. The highest BCUT2D eigenvalue weighted by atomic mass is 16.4. The maximum Gasteiger partial charge on any atom is 0.325 e. The van der Waals surface area contributed by atoms with Crippen molar-refractivity contribution in [1.82, 2.24) is 4.98 Å². The lowest BCUT2D eigenvalue weighted by Gasteiger charge is -2.08. The third-order valence-electron chi connectivity index (χ3n) is 3.17. The van der Waals surface area contributed by atoms with Gasteiger partial charge in [-0.1, -0.05) is 24.3 Å². The smallest absolute Gasteiger partial charge is 0.325 e. The summed E-state index contributed by atoms with van der Waals surface area (Å²) in [4.78, 5) is 15.4. The number of aromatic nitrogens is 1. The summed E-state index contributed by atoms with van der Waals surface area (Å²) in [6, 6.07) is 14.1. The van der Waals surface area contributed by atoms with E-state index in [0.29, 0.717) is 5.56 Å². The molecule has 0 amide bonds. The van der Waals surface area contributed by atoms with E-state index in [0.717, 1.165) is 21.8 Å². The molecule has 3 rings (SSSR count). The summed E-state index contributed by atoms with van der Waals surface area (Å²) in [5.74, 6) is -1.03. The summed E-state index contributed by atoms with van der Waals surface area (Å²) >= 11 is 0. The van der Waals surface area contributed by atoms with Gasteiger partial charge in [0.05, 0.1) is 11.0 Å². The molecule has 3 aromatic rings. The third-order valence-corrected chi connectivity index (χ3v) is 3.17. The fourth-order valence-electron chi connectivity index (χ4n) is 2.14. The Morgan fingerprint density at radius 1 is 1.05 bits per heavy atom. The Hall–Kier alpha value is -2.46. The van der Waals surface area contributed by atoms with Crippen molar-refractivity contribution in [3.8, 4) is 0 Å². The second-order valence-corrected chi connectivity index (χ2v) is 4.45. The van der Waals surface area contributed by atoms with Gasteiger partial charge in [-0.2, -0.15) is 0 Å². The molecule has 0 radical (unpaired) electrons. The van der Waals surface area contributed by atoms with Crippen molar-refractivity contribution in [2.45, 2.75) is 6.04 Å². The molecule has 4 nitrogen and oxygen atoms in total. The molecule has 1 aromatic heterocycles. The van der Waals surface area contributed by atoms with Crippen molar-refractivity contribution in [2.75, 3.05) is 0 Å². The Balaban J connectivity index is 2.22.